The van der Waals surface area contributed by atoms with E-state index in [9.17, 15) is 14.4 Å². The van der Waals surface area contributed by atoms with Gasteiger partial charge in [0.1, 0.15) is 24.7 Å². The molecule has 0 spiro atoms. The van der Waals surface area contributed by atoms with Gasteiger partial charge in [-0.25, -0.2) is 0 Å². The summed E-state index contributed by atoms with van der Waals surface area (Å²) in [4.78, 5) is 36.9. The lowest BCUT2D eigenvalue weighted by Crippen LogP contribution is -2.41. The number of benzene rings is 3. The van der Waals surface area contributed by atoms with Gasteiger partial charge in [0.2, 0.25) is 5.91 Å². The Morgan fingerprint density at radius 1 is 0.743 bits per heavy atom. The van der Waals surface area contributed by atoms with Gasteiger partial charge >= 0.3 is 0 Å². The lowest BCUT2D eigenvalue weighted by Gasteiger charge is -2.13. The van der Waals surface area contributed by atoms with Gasteiger partial charge in [-0.2, -0.15) is 0 Å². The van der Waals surface area contributed by atoms with Crippen LogP contribution in [0.1, 0.15) is 41.0 Å². The Morgan fingerprint density at radius 2 is 1.37 bits per heavy atom. The van der Waals surface area contributed by atoms with E-state index in [4.69, 9.17) is 9.47 Å². The molecular weight excluding hydrogens is 446 g/mol. The third kappa shape index (κ3) is 8.19. The van der Waals surface area contributed by atoms with Crippen LogP contribution < -0.4 is 25.6 Å². The molecule has 0 aliphatic rings. The molecule has 0 aliphatic carbocycles. The first-order valence-electron chi connectivity index (χ1n) is 11.3. The first kappa shape index (κ1) is 25.3. The molecule has 0 bridgehead atoms. The fraction of sp³-hybridized carbons (Fsp3) is 0.222. The number of hydrazine groups is 1. The van der Waals surface area contributed by atoms with Gasteiger partial charge in [-0.15, -0.1) is 0 Å². The van der Waals surface area contributed by atoms with Gasteiger partial charge in [0.15, 0.2) is 0 Å². The normalized spacial score (nSPS) is 10.4. The molecule has 0 aromatic heterocycles. The summed E-state index contributed by atoms with van der Waals surface area (Å²) < 4.78 is 11.3. The molecule has 0 saturated carbocycles. The van der Waals surface area contributed by atoms with Crippen molar-refractivity contribution >= 4 is 23.4 Å². The number of para-hydroxylation sites is 2. The molecule has 3 aromatic carbocycles. The summed E-state index contributed by atoms with van der Waals surface area (Å²) in [6.07, 6.45) is 0.416. The van der Waals surface area contributed by atoms with E-state index in [0.717, 1.165) is 5.75 Å². The number of hydrogen-bond donors (Lipinski definition) is 3. The molecule has 0 unspecified atom stereocenters. The Labute approximate surface area is 204 Å². The van der Waals surface area contributed by atoms with Gasteiger partial charge in [0.05, 0.1) is 5.56 Å². The van der Waals surface area contributed by atoms with Crippen LogP contribution in [-0.2, 0) is 4.79 Å². The van der Waals surface area contributed by atoms with Crippen LogP contribution in [0.25, 0.3) is 0 Å². The Balaban J connectivity index is 1.49. The summed E-state index contributed by atoms with van der Waals surface area (Å²) in [5.41, 5.74) is 5.99. The molecular formula is C27H29N3O5. The van der Waals surface area contributed by atoms with Crippen LogP contribution in [0.15, 0.2) is 78.9 Å². The summed E-state index contributed by atoms with van der Waals surface area (Å²) >= 11 is 0. The first-order chi connectivity index (χ1) is 16.9. The zero-order valence-corrected chi connectivity index (χ0v) is 19.7. The molecule has 0 radical (unpaired) electrons. The maximum absolute atomic E-state index is 12.6. The largest absolute Gasteiger partial charge is 0.490 e. The van der Waals surface area contributed by atoms with E-state index in [1.54, 1.807) is 48.5 Å². The second-order valence-electron chi connectivity index (χ2n) is 8.14. The molecule has 8 nitrogen and oxygen atoms in total. The smallest absolute Gasteiger partial charge is 0.273 e. The molecule has 35 heavy (non-hydrogen) atoms. The molecule has 0 atom stereocenters. The topological polar surface area (TPSA) is 106 Å². The molecule has 0 saturated heterocycles. The SMILES string of the molecule is CC(C)CC(=O)Nc1ccc(C(=O)NNC(=O)c2ccccc2OCCOc2ccccc2)cc1. The van der Waals surface area contributed by atoms with Crippen molar-refractivity contribution < 1.29 is 23.9 Å². The number of carbonyl (C=O) groups excluding carboxylic acids is 3. The van der Waals surface area contributed by atoms with Gasteiger partial charge in [-0.3, -0.25) is 25.2 Å². The highest BCUT2D eigenvalue weighted by molar-refractivity contribution is 6.00. The van der Waals surface area contributed by atoms with E-state index >= 15 is 0 Å². The van der Waals surface area contributed by atoms with Crippen LogP contribution in [0, 0.1) is 5.92 Å². The molecule has 3 aromatic rings. The predicted molar refractivity (Wildman–Crippen MR) is 133 cm³/mol. The minimum absolute atomic E-state index is 0.0861. The Bertz CT molecular complexity index is 1130. The zero-order valence-electron chi connectivity index (χ0n) is 19.7. The fourth-order valence-corrected chi connectivity index (χ4v) is 3.15. The molecule has 3 N–H and O–H groups in total. The second-order valence-corrected chi connectivity index (χ2v) is 8.14. The van der Waals surface area contributed by atoms with Crippen LogP contribution in [0.3, 0.4) is 0 Å². The molecule has 0 heterocycles. The average molecular weight is 476 g/mol. The standard InChI is InChI=1S/C27H29N3O5/c1-19(2)18-25(31)28-21-14-12-20(13-15-21)26(32)29-30-27(33)23-10-6-7-11-24(23)35-17-16-34-22-8-4-3-5-9-22/h3-15,19H,16-18H2,1-2H3,(H,28,31)(H,29,32)(H,30,33). The van der Waals surface area contributed by atoms with E-state index in [1.165, 1.54) is 0 Å². The van der Waals surface area contributed by atoms with E-state index in [2.05, 4.69) is 16.2 Å². The van der Waals surface area contributed by atoms with Gasteiger partial charge in [0.25, 0.3) is 11.8 Å². The molecule has 0 aliphatic heterocycles. The van der Waals surface area contributed by atoms with Crippen LogP contribution in [0.2, 0.25) is 0 Å². The molecule has 8 heteroatoms. The summed E-state index contributed by atoms with van der Waals surface area (Å²) in [6.45, 7) is 4.48. The van der Waals surface area contributed by atoms with Crippen molar-refractivity contribution in [2.45, 2.75) is 20.3 Å². The van der Waals surface area contributed by atoms with Crippen LogP contribution >= 0.6 is 0 Å². The fourth-order valence-electron chi connectivity index (χ4n) is 3.15. The predicted octanol–water partition coefficient (Wildman–Crippen LogP) is 4.20. The van der Waals surface area contributed by atoms with E-state index in [1.807, 2.05) is 44.2 Å². The summed E-state index contributed by atoms with van der Waals surface area (Å²) in [6, 6.07) is 22.5. The zero-order chi connectivity index (χ0) is 25.0. The number of rotatable bonds is 10. The lowest BCUT2D eigenvalue weighted by atomic mass is 10.1. The van der Waals surface area contributed by atoms with Gasteiger partial charge < -0.3 is 14.8 Å². The minimum Gasteiger partial charge on any atom is -0.490 e. The monoisotopic (exact) mass is 475 g/mol. The highest BCUT2D eigenvalue weighted by Crippen LogP contribution is 2.18. The number of ether oxygens (including phenoxy) is 2. The maximum atomic E-state index is 12.6. The van der Waals surface area contributed by atoms with E-state index in [-0.39, 0.29) is 24.0 Å². The Morgan fingerprint density at radius 3 is 2.09 bits per heavy atom. The van der Waals surface area contributed by atoms with Crippen molar-refractivity contribution in [1.29, 1.82) is 0 Å². The molecule has 182 valence electrons. The highest BCUT2D eigenvalue weighted by Gasteiger charge is 2.14. The Hall–Kier alpha value is -4.33. The van der Waals surface area contributed by atoms with Gasteiger partial charge in [-0.1, -0.05) is 44.2 Å². The van der Waals surface area contributed by atoms with Crippen LogP contribution in [-0.4, -0.2) is 30.9 Å². The van der Waals surface area contributed by atoms with Crippen molar-refractivity contribution in [3.63, 3.8) is 0 Å². The lowest BCUT2D eigenvalue weighted by molar-refractivity contribution is -0.116. The van der Waals surface area contributed by atoms with E-state index < -0.39 is 11.8 Å². The molecule has 0 fully saturated rings. The van der Waals surface area contributed by atoms with E-state index in [0.29, 0.717) is 30.0 Å². The summed E-state index contributed by atoms with van der Waals surface area (Å²) in [5.74, 6) is 0.260. The number of nitrogens with one attached hydrogen (secondary N) is 3. The number of carbonyl (C=O) groups is 3. The Kier molecular flexibility index (Phi) is 9.24. The van der Waals surface area contributed by atoms with Gasteiger partial charge in [0, 0.05) is 17.7 Å². The number of anilines is 1. The molecule has 3 amide bonds. The van der Waals surface area contributed by atoms with Crippen molar-refractivity contribution in [1.82, 2.24) is 10.9 Å². The van der Waals surface area contributed by atoms with Crippen LogP contribution in [0.5, 0.6) is 11.5 Å². The van der Waals surface area contributed by atoms with Gasteiger partial charge in [-0.05, 0) is 54.4 Å². The van der Waals surface area contributed by atoms with Crippen molar-refractivity contribution in [2.24, 2.45) is 5.92 Å². The number of hydrogen-bond acceptors (Lipinski definition) is 5. The van der Waals surface area contributed by atoms with Crippen LogP contribution in [0.4, 0.5) is 5.69 Å². The number of amides is 3. The first-order valence-corrected chi connectivity index (χ1v) is 11.3. The summed E-state index contributed by atoms with van der Waals surface area (Å²) in [5, 5.41) is 2.78. The molecule has 3 rings (SSSR count). The average Bonchev–Trinajstić information content (AvgIpc) is 2.86. The van der Waals surface area contributed by atoms with Crippen molar-refractivity contribution in [3.05, 3.63) is 90.0 Å². The quantitative estimate of drug-likeness (QED) is 0.301. The second kappa shape index (κ2) is 12.8. The third-order valence-electron chi connectivity index (χ3n) is 4.80. The highest BCUT2D eigenvalue weighted by atomic mass is 16.5. The minimum atomic E-state index is -0.518. The maximum Gasteiger partial charge on any atom is 0.273 e. The third-order valence-corrected chi connectivity index (χ3v) is 4.80. The van der Waals surface area contributed by atoms with Crippen molar-refractivity contribution in [2.75, 3.05) is 18.5 Å². The summed E-state index contributed by atoms with van der Waals surface area (Å²) in [7, 11) is 0. The van der Waals surface area contributed by atoms with Crippen molar-refractivity contribution in [3.8, 4) is 11.5 Å².